The van der Waals surface area contributed by atoms with Gasteiger partial charge in [-0.1, -0.05) is 13.8 Å². The Labute approximate surface area is 61.2 Å². The molecule has 56 valence electrons. The van der Waals surface area contributed by atoms with E-state index in [1.54, 1.807) is 0 Å². The number of amidine groups is 1. The van der Waals surface area contributed by atoms with E-state index in [0.717, 1.165) is 18.8 Å². The molecule has 3 heteroatoms. The number of nitrogens with one attached hydrogen (secondary N) is 1. The Morgan fingerprint density at radius 2 is 2.50 bits per heavy atom. The van der Waals surface area contributed by atoms with Crippen molar-refractivity contribution < 1.29 is 0 Å². The van der Waals surface area contributed by atoms with E-state index in [9.17, 15) is 0 Å². The van der Waals surface area contributed by atoms with Gasteiger partial charge in [0.2, 0.25) is 0 Å². The number of aliphatic imine (C=N–C) groups is 1. The second kappa shape index (κ2) is 3.34. The Hall–Kier alpha value is -0.860. The monoisotopic (exact) mass is 139 g/mol. The third kappa shape index (κ3) is 2.17. The summed E-state index contributed by atoms with van der Waals surface area (Å²) in [5.74, 6) is 1.55. The van der Waals surface area contributed by atoms with Gasteiger partial charge in [0.1, 0.15) is 5.84 Å². The van der Waals surface area contributed by atoms with E-state index in [1.807, 2.05) is 6.21 Å². The summed E-state index contributed by atoms with van der Waals surface area (Å²) >= 11 is 0. The van der Waals surface area contributed by atoms with Crippen LogP contribution in [0.4, 0.5) is 0 Å². The van der Waals surface area contributed by atoms with Crippen LogP contribution in [-0.4, -0.2) is 18.6 Å². The van der Waals surface area contributed by atoms with Crippen LogP contribution in [0.2, 0.25) is 0 Å². The van der Waals surface area contributed by atoms with Gasteiger partial charge < -0.3 is 5.43 Å². The number of hydrogen-bond donors (Lipinski definition) is 1. The van der Waals surface area contributed by atoms with Crippen molar-refractivity contribution in [3.8, 4) is 0 Å². The minimum absolute atomic E-state index is 0.635. The lowest BCUT2D eigenvalue weighted by Crippen LogP contribution is -2.18. The number of hydrogen-bond acceptors (Lipinski definition) is 3. The van der Waals surface area contributed by atoms with Crippen molar-refractivity contribution >= 4 is 12.1 Å². The molecule has 0 spiro atoms. The zero-order valence-electron chi connectivity index (χ0n) is 6.46. The Morgan fingerprint density at radius 1 is 1.70 bits per heavy atom. The van der Waals surface area contributed by atoms with E-state index in [4.69, 9.17) is 0 Å². The molecule has 0 atom stereocenters. The Morgan fingerprint density at radius 3 is 3.00 bits per heavy atom. The predicted octanol–water partition coefficient (Wildman–Crippen LogP) is 1.02. The maximum absolute atomic E-state index is 4.13. The molecule has 1 aliphatic rings. The molecule has 1 heterocycles. The Bertz CT molecular complexity index is 158. The van der Waals surface area contributed by atoms with Crippen LogP contribution in [0.5, 0.6) is 0 Å². The van der Waals surface area contributed by atoms with Crippen LogP contribution in [0.1, 0.15) is 20.3 Å². The molecule has 0 fully saturated rings. The maximum Gasteiger partial charge on any atom is 0.147 e. The summed E-state index contributed by atoms with van der Waals surface area (Å²) in [6.45, 7) is 5.08. The topological polar surface area (TPSA) is 36.8 Å². The second-order valence-corrected chi connectivity index (χ2v) is 2.80. The van der Waals surface area contributed by atoms with Gasteiger partial charge in [0, 0.05) is 12.6 Å². The zero-order chi connectivity index (χ0) is 7.40. The van der Waals surface area contributed by atoms with E-state index >= 15 is 0 Å². The molecule has 0 aromatic heterocycles. The summed E-state index contributed by atoms with van der Waals surface area (Å²) in [6.07, 6.45) is 2.81. The number of hydrazone groups is 1. The fraction of sp³-hybridized carbons (Fsp3) is 0.714. The molecule has 0 unspecified atom stereocenters. The summed E-state index contributed by atoms with van der Waals surface area (Å²) < 4.78 is 0. The van der Waals surface area contributed by atoms with Crippen LogP contribution < -0.4 is 5.43 Å². The van der Waals surface area contributed by atoms with Gasteiger partial charge in [0.25, 0.3) is 0 Å². The van der Waals surface area contributed by atoms with Gasteiger partial charge in [-0.3, -0.25) is 0 Å². The van der Waals surface area contributed by atoms with E-state index < -0.39 is 0 Å². The van der Waals surface area contributed by atoms with Crippen molar-refractivity contribution in [1.29, 1.82) is 0 Å². The largest absolute Gasteiger partial charge is 0.303 e. The number of rotatable bonds is 2. The van der Waals surface area contributed by atoms with Gasteiger partial charge in [-0.05, 0) is 5.92 Å². The first-order valence-corrected chi connectivity index (χ1v) is 3.61. The summed E-state index contributed by atoms with van der Waals surface area (Å²) in [4.78, 5) is 4.13. The van der Waals surface area contributed by atoms with Gasteiger partial charge in [-0.15, -0.1) is 0 Å². The van der Waals surface area contributed by atoms with Gasteiger partial charge >= 0.3 is 0 Å². The van der Waals surface area contributed by atoms with E-state index in [0.29, 0.717) is 5.92 Å². The minimum Gasteiger partial charge on any atom is -0.303 e. The maximum atomic E-state index is 4.13. The van der Waals surface area contributed by atoms with Crippen LogP contribution in [0.3, 0.4) is 0 Å². The lowest BCUT2D eigenvalue weighted by Gasteiger charge is -2.07. The first kappa shape index (κ1) is 7.25. The average Bonchev–Trinajstić information content (AvgIpc) is 1.88. The van der Waals surface area contributed by atoms with Crippen molar-refractivity contribution in [3.63, 3.8) is 0 Å². The summed E-state index contributed by atoms with van der Waals surface area (Å²) in [7, 11) is 0. The fourth-order valence-electron chi connectivity index (χ4n) is 0.821. The highest BCUT2D eigenvalue weighted by molar-refractivity contribution is 5.91. The highest BCUT2D eigenvalue weighted by Gasteiger charge is 2.02. The molecule has 0 aromatic rings. The van der Waals surface area contributed by atoms with Crippen LogP contribution in [-0.2, 0) is 0 Å². The molecule has 0 aliphatic carbocycles. The quantitative estimate of drug-likeness (QED) is 0.609. The molecule has 3 nitrogen and oxygen atoms in total. The molecule has 0 amide bonds. The Kier molecular flexibility index (Phi) is 2.42. The average molecular weight is 139 g/mol. The standard InChI is InChI=1S/C7H13N3/c1-6(2)5-7-8-3-4-9-10-7/h3,6,9H,4-5H2,1-2H3. The molecule has 0 bridgehead atoms. The van der Waals surface area contributed by atoms with Crippen molar-refractivity contribution in [2.75, 3.05) is 6.54 Å². The molecule has 0 aromatic carbocycles. The van der Waals surface area contributed by atoms with E-state index in [1.165, 1.54) is 0 Å². The van der Waals surface area contributed by atoms with E-state index in [-0.39, 0.29) is 0 Å². The van der Waals surface area contributed by atoms with Crippen molar-refractivity contribution in [2.45, 2.75) is 20.3 Å². The molecule has 10 heavy (non-hydrogen) atoms. The lowest BCUT2D eigenvalue weighted by atomic mass is 10.1. The molecule has 0 radical (unpaired) electrons. The summed E-state index contributed by atoms with van der Waals surface area (Å²) in [5, 5.41) is 4.04. The molecular weight excluding hydrogens is 126 g/mol. The normalized spacial score (nSPS) is 16.9. The van der Waals surface area contributed by atoms with Crippen molar-refractivity contribution in [1.82, 2.24) is 5.43 Å². The zero-order valence-corrected chi connectivity index (χ0v) is 6.46. The summed E-state index contributed by atoms with van der Waals surface area (Å²) in [6, 6.07) is 0. The smallest absolute Gasteiger partial charge is 0.147 e. The van der Waals surface area contributed by atoms with Crippen molar-refractivity contribution in [2.24, 2.45) is 16.0 Å². The molecule has 1 N–H and O–H groups in total. The SMILES string of the molecule is CC(C)CC1=NNCC=N1. The highest BCUT2D eigenvalue weighted by atomic mass is 15.3. The predicted molar refractivity (Wildman–Crippen MR) is 43.4 cm³/mol. The van der Waals surface area contributed by atoms with Gasteiger partial charge in [0.15, 0.2) is 0 Å². The van der Waals surface area contributed by atoms with Gasteiger partial charge in [-0.25, -0.2) is 4.99 Å². The fourth-order valence-corrected chi connectivity index (χ4v) is 0.821. The molecule has 1 rings (SSSR count). The van der Waals surface area contributed by atoms with Crippen molar-refractivity contribution in [3.05, 3.63) is 0 Å². The molecule has 0 saturated heterocycles. The van der Waals surface area contributed by atoms with Crippen LogP contribution in [0.15, 0.2) is 10.1 Å². The van der Waals surface area contributed by atoms with E-state index in [2.05, 4.69) is 29.4 Å². The number of nitrogens with zero attached hydrogens (tertiary/aromatic N) is 2. The summed E-state index contributed by atoms with van der Waals surface area (Å²) in [5.41, 5.74) is 2.88. The first-order valence-electron chi connectivity index (χ1n) is 3.61. The molecule has 0 saturated carbocycles. The van der Waals surface area contributed by atoms with Crippen LogP contribution in [0.25, 0.3) is 0 Å². The van der Waals surface area contributed by atoms with Crippen LogP contribution in [0, 0.1) is 5.92 Å². The Balaban J connectivity index is 2.40. The van der Waals surface area contributed by atoms with Gasteiger partial charge in [-0.2, -0.15) is 5.10 Å². The third-order valence-electron chi connectivity index (χ3n) is 1.22. The van der Waals surface area contributed by atoms with Crippen LogP contribution >= 0.6 is 0 Å². The third-order valence-corrected chi connectivity index (χ3v) is 1.22. The first-order chi connectivity index (χ1) is 4.79. The second-order valence-electron chi connectivity index (χ2n) is 2.80. The minimum atomic E-state index is 0.635. The molecule has 1 aliphatic heterocycles. The van der Waals surface area contributed by atoms with Gasteiger partial charge in [0.05, 0.1) is 6.54 Å². The molecular formula is C7H13N3. The highest BCUT2D eigenvalue weighted by Crippen LogP contribution is 2.02. The lowest BCUT2D eigenvalue weighted by molar-refractivity contribution is 0.671.